The lowest BCUT2D eigenvalue weighted by molar-refractivity contribution is -0.385. The van der Waals surface area contributed by atoms with Gasteiger partial charge < -0.3 is 5.32 Å². The van der Waals surface area contributed by atoms with Crippen molar-refractivity contribution < 1.29 is 14.5 Å². The number of benzene rings is 2. The van der Waals surface area contributed by atoms with Crippen LogP contribution in [-0.2, 0) is 4.79 Å². The molecule has 0 unspecified atom stereocenters. The fraction of sp³-hybridized carbons (Fsp3) is 0.150. The van der Waals surface area contributed by atoms with Gasteiger partial charge in [-0.1, -0.05) is 24.8 Å². The fourth-order valence-electron chi connectivity index (χ4n) is 2.39. The molecule has 0 heterocycles. The molecule has 28 heavy (non-hydrogen) atoms. The van der Waals surface area contributed by atoms with Gasteiger partial charge in [-0.3, -0.25) is 19.7 Å². The van der Waals surface area contributed by atoms with Crippen LogP contribution in [0.1, 0.15) is 35.3 Å². The molecule has 0 radical (unpaired) electrons. The molecule has 144 valence electrons. The summed E-state index contributed by atoms with van der Waals surface area (Å²) in [4.78, 5) is 34.6. The van der Waals surface area contributed by atoms with Crippen molar-refractivity contribution in [3.8, 4) is 0 Å². The number of hydrogen-bond donors (Lipinski definition) is 2. The van der Waals surface area contributed by atoms with Gasteiger partial charge in [0.05, 0.1) is 16.2 Å². The first-order valence-corrected chi connectivity index (χ1v) is 8.36. The maximum absolute atomic E-state index is 12.4. The Balaban J connectivity index is 2.18. The first kappa shape index (κ1) is 20.5. The number of rotatable bonds is 6. The van der Waals surface area contributed by atoms with Crippen molar-refractivity contribution in [2.75, 3.05) is 5.32 Å². The van der Waals surface area contributed by atoms with Crippen molar-refractivity contribution in [2.24, 2.45) is 5.10 Å². The maximum Gasteiger partial charge on any atom is 0.273 e. The quantitative estimate of drug-likeness (QED) is 0.345. The van der Waals surface area contributed by atoms with Crippen LogP contribution in [0.25, 0.3) is 0 Å². The molecule has 0 aliphatic rings. The van der Waals surface area contributed by atoms with E-state index >= 15 is 0 Å². The van der Waals surface area contributed by atoms with E-state index in [1.165, 1.54) is 25.1 Å². The highest BCUT2D eigenvalue weighted by molar-refractivity contribution is 6.05. The van der Waals surface area contributed by atoms with Gasteiger partial charge in [0.25, 0.3) is 17.5 Å². The van der Waals surface area contributed by atoms with E-state index in [4.69, 9.17) is 0 Å². The first-order chi connectivity index (χ1) is 13.2. The molecule has 0 atom stereocenters. The lowest BCUT2D eigenvalue weighted by atomic mass is 10.1. The van der Waals surface area contributed by atoms with E-state index in [0.29, 0.717) is 22.5 Å². The molecule has 8 nitrogen and oxygen atoms in total. The SMILES string of the molecule is C=C(C)C(=O)Nc1cccc(/C(C)=N\NC(=O)c2cccc([N+](=O)[O-])c2C)c1. The van der Waals surface area contributed by atoms with Crippen LogP contribution in [0.3, 0.4) is 0 Å². The van der Waals surface area contributed by atoms with Gasteiger partial charge in [0.15, 0.2) is 0 Å². The van der Waals surface area contributed by atoms with Gasteiger partial charge in [-0.05, 0) is 44.5 Å². The molecule has 0 aliphatic carbocycles. The number of carbonyl (C=O) groups excluding carboxylic acids is 2. The molecule has 0 aromatic heterocycles. The van der Waals surface area contributed by atoms with E-state index in [0.717, 1.165) is 0 Å². The smallest absolute Gasteiger partial charge is 0.273 e. The number of nitro groups is 1. The van der Waals surface area contributed by atoms with Gasteiger partial charge in [-0.2, -0.15) is 5.10 Å². The maximum atomic E-state index is 12.4. The Labute approximate surface area is 162 Å². The molecule has 2 aromatic rings. The number of amides is 2. The molecule has 0 spiro atoms. The first-order valence-electron chi connectivity index (χ1n) is 8.36. The van der Waals surface area contributed by atoms with Crippen molar-refractivity contribution in [3.63, 3.8) is 0 Å². The monoisotopic (exact) mass is 380 g/mol. The third kappa shape index (κ3) is 4.88. The van der Waals surface area contributed by atoms with Crippen LogP contribution in [0.15, 0.2) is 59.7 Å². The summed E-state index contributed by atoms with van der Waals surface area (Å²) in [6.07, 6.45) is 0. The summed E-state index contributed by atoms with van der Waals surface area (Å²) in [5, 5.41) is 17.8. The molecule has 0 fully saturated rings. The minimum absolute atomic E-state index is 0.130. The van der Waals surface area contributed by atoms with E-state index in [9.17, 15) is 19.7 Å². The Morgan fingerprint density at radius 3 is 2.46 bits per heavy atom. The largest absolute Gasteiger partial charge is 0.322 e. The molecule has 8 heteroatoms. The van der Waals surface area contributed by atoms with Crippen molar-refractivity contribution in [1.82, 2.24) is 5.43 Å². The van der Waals surface area contributed by atoms with Gasteiger partial charge >= 0.3 is 0 Å². The summed E-state index contributed by atoms with van der Waals surface area (Å²) in [7, 11) is 0. The zero-order valence-electron chi connectivity index (χ0n) is 15.8. The van der Waals surface area contributed by atoms with Gasteiger partial charge in [0, 0.05) is 22.9 Å². The van der Waals surface area contributed by atoms with Crippen molar-refractivity contribution in [3.05, 3.63) is 81.4 Å². The lowest BCUT2D eigenvalue weighted by Gasteiger charge is -2.08. The van der Waals surface area contributed by atoms with Crippen LogP contribution in [-0.4, -0.2) is 22.4 Å². The lowest BCUT2D eigenvalue weighted by Crippen LogP contribution is -2.20. The molecule has 2 rings (SSSR count). The Morgan fingerprint density at radius 2 is 1.82 bits per heavy atom. The Kier molecular flexibility index (Phi) is 6.38. The van der Waals surface area contributed by atoms with Gasteiger partial charge in [0.2, 0.25) is 0 Å². The average molecular weight is 380 g/mol. The normalized spacial score (nSPS) is 10.9. The summed E-state index contributed by atoms with van der Waals surface area (Å²) in [5.41, 5.74) is 4.87. The van der Waals surface area contributed by atoms with Crippen LogP contribution >= 0.6 is 0 Å². The predicted molar refractivity (Wildman–Crippen MR) is 107 cm³/mol. The highest BCUT2D eigenvalue weighted by Crippen LogP contribution is 2.21. The highest BCUT2D eigenvalue weighted by atomic mass is 16.6. The Hall–Kier alpha value is -3.81. The minimum atomic E-state index is -0.549. The number of hydrazone groups is 1. The van der Waals surface area contributed by atoms with Crippen LogP contribution in [0.2, 0.25) is 0 Å². The number of hydrogen-bond acceptors (Lipinski definition) is 5. The van der Waals surface area contributed by atoms with Crippen molar-refractivity contribution in [2.45, 2.75) is 20.8 Å². The summed E-state index contributed by atoms with van der Waals surface area (Å²) >= 11 is 0. The second-order valence-electron chi connectivity index (χ2n) is 6.16. The highest BCUT2D eigenvalue weighted by Gasteiger charge is 2.17. The Bertz CT molecular complexity index is 995. The van der Waals surface area contributed by atoms with Gasteiger partial charge in [0.1, 0.15) is 0 Å². The molecule has 0 bridgehead atoms. The van der Waals surface area contributed by atoms with E-state index in [2.05, 4.69) is 22.4 Å². The Morgan fingerprint density at radius 1 is 1.14 bits per heavy atom. The number of carbonyl (C=O) groups is 2. The van der Waals surface area contributed by atoms with E-state index in [1.807, 2.05) is 0 Å². The number of nitrogens with one attached hydrogen (secondary N) is 2. The van der Waals surface area contributed by atoms with Gasteiger partial charge in [-0.15, -0.1) is 0 Å². The molecule has 0 saturated carbocycles. The standard InChI is InChI=1S/C20H20N4O4/c1-12(2)19(25)21-16-8-5-7-15(11-16)14(4)22-23-20(26)17-9-6-10-18(13(17)3)24(27)28/h5-11H,1H2,2-4H3,(H,21,25)(H,23,26)/b22-14-. The van der Waals surface area contributed by atoms with Crippen LogP contribution < -0.4 is 10.7 Å². The number of anilines is 1. The summed E-state index contributed by atoms with van der Waals surface area (Å²) in [6.45, 7) is 8.40. The molecule has 0 saturated heterocycles. The molecule has 0 aliphatic heterocycles. The molecule has 2 aromatic carbocycles. The second-order valence-corrected chi connectivity index (χ2v) is 6.16. The van der Waals surface area contributed by atoms with E-state index < -0.39 is 10.8 Å². The molecule has 2 N–H and O–H groups in total. The van der Waals surface area contributed by atoms with Crippen LogP contribution in [0.4, 0.5) is 11.4 Å². The topological polar surface area (TPSA) is 114 Å². The minimum Gasteiger partial charge on any atom is -0.322 e. The summed E-state index contributed by atoms with van der Waals surface area (Å²) < 4.78 is 0. The second kappa shape index (κ2) is 8.72. The third-order valence-corrected chi connectivity index (χ3v) is 4.00. The van der Waals surface area contributed by atoms with Crippen molar-refractivity contribution >= 4 is 28.9 Å². The summed E-state index contributed by atoms with van der Waals surface area (Å²) in [5.74, 6) is -0.839. The van der Waals surface area contributed by atoms with E-state index in [-0.39, 0.29) is 22.7 Å². The zero-order chi connectivity index (χ0) is 20.8. The number of nitrogens with zero attached hydrogens (tertiary/aromatic N) is 2. The average Bonchev–Trinajstić information content (AvgIpc) is 2.65. The van der Waals surface area contributed by atoms with Crippen LogP contribution in [0, 0.1) is 17.0 Å². The molecule has 2 amide bonds. The van der Waals surface area contributed by atoms with Crippen molar-refractivity contribution in [1.29, 1.82) is 0 Å². The third-order valence-electron chi connectivity index (χ3n) is 4.00. The summed E-state index contributed by atoms with van der Waals surface area (Å²) in [6, 6.07) is 11.2. The zero-order valence-corrected chi connectivity index (χ0v) is 15.8. The molecular weight excluding hydrogens is 360 g/mol. The van der Waals surface area contributed by atoms with Crippen LogP contribution in [0.5, 0.6) is 0 Å². The fourth-order valence-corrected chi connectivity index (χ4v) is 2.39. The van der Waals surface area contributed by atoms with E-state index in [1.54, 1.807) is 38.1 Å². The molecular formula is C20H20N4O4. The number of nitro benzene ring substituents is 1. The van der Waals surface area contributed by atoms with Gasteiger partial charge in [-0.25, -0.2) is 5.43 Å². The predicted octanol–water partition coefficient (Wildman–Crippen LogP) is 3.57.